The Labute approximate surface area is 126 Å². The molecule has 2 rings (SSSR count). The Morgan fingerprint density at radius 3 is 2.90 bits per heavy atom. The predicted octanol–water partition coefficient (Wildman–Crippen LogP) is 0.709. The molecule has 1 saturated carbocycles. The smallest absolute Gasteiger partial charge is 0.260 e. The van der Waals surface area contributed by atoms with Gasteiger partial charge in [0.25, 0.3) is 10.0 Å². The second-order valence-electron chi connectivity index (χ2n) is 5.24. The van der Waals surface area contributed by atoms with Gasteiger partial charge >= 0.3 is 0 Å². The van der Waals surface area contributed by atoms with E-state index in [-0.39, 0.29) is 11.1 Å². The molecule has 0 aromatic carbocycles. The fourth-order valence-corrected chi connectivity index (χ4v) is 3.99. The minimum atomic E-state index is -3.54. The molecule has 0 saturated heterocycles. The third kappa shape index (κ3) is 4.03. The van der Waals surface area contributed by atoms with Crippen LogP contribution in [0.15, 0.2) is 11.2 Å². The number of aromatic amines is 1. The van der Waals surface area contributed by atoms with Gasteiger partial charge in [0, 0.05) is 31.8 Å². The molecule has 0 unspecified atom stereocenters. The number of nitrogens with one attached hydrogen (secondary N) is 2. The molecule has 1 aliphatic rings. The number of rotatable bonds is 10. The highest BCUT2D eigenvalue weighted by Crippen LogP contribution is 2.32. The van der Waals surface area contributed by atoms with Gasteiger partial charge in [-0.2, -0.15) is 9.40 Å². The molecule has 120 valence electrons. The first-order valence-electron chi connectivity index (χ1n) is 7.35. The Hall–Kier alpha value is -0.960. The summed E-state index contributed by atoms with van der Waals surface area (Å²) in [4.78, 5) is 0. The predicted molar refractivity (Wildman–Crippen MR) is 79.4 cm³/mol. The van der Waals surface area contributed by atoms with Crippen molar-refractivity contribution in [3.8, 4) is 0 Å². The van der Waals surface area contributed by atoms with E-state index in [0.29, 0.717) is 25.3 Å². The summed E-state index contributed by atoms with van der Waals surface area (Å²) in [6.45, 7) is 4.19. The largest absolute Gasteiger partial charge is 0.383 e. The molecule has 21 heavy (non-hydrogen) atoms. The van der Waals surface area contributed by atoms with Crippen molar-refractivity contribution in [2.24, 2.45) is 0 Å². The molecule has 2 N–H and O–H groups in total. The summed E-state index contributed by atoms with van der Waals surface area (Å²) in [7, 11) is -1.96. The standard InChI is InChI=1S/C13H24N4O3S/c1-3-6-14-9-11-10-15-16-13(11)21(18,19)17(7-8-20-2)12-4-5-12/h10,12,14H,3-9H2,1-2H3,(H,15,16). The van der Waals surface area contributed by atoms with E-state index in [9.17, 15) is 8.42 Å². The monoisotopic (exact) mass is 316 g/mol. The van der Waals surface area contributed by atoms with Crippen molar-refractivity contribution in [2.75, 3.05) is 26.8 Å². The van der Waals surface area contributed by atoms with Crippen molar-refractivity contribution in [2.45, 2.75) is 43.8 Å². The SMILES string of the molecule is CCCNCc1cn[nH]c1S(=O)(=O)N(CCOC)C1CC1. The van der Waals surface area contributed by atoms with Gasteiger partial charge in [-0.3, -0.25) is 5.10 Å². The van der Waals surface area contributed by atoms with Crippen LogP contribution in [-0.4, -0.2) is 55.8 Å². The van der Waals surface area contributed by atoms with Gasteiger partial charge in [-0.1, -0.05) is 6.92 Å². The van der Waals surface area contributed by atoms with Gasteiger partial charge < -0.3 is 10.1 Å². The van der Waals surface area contributed by atoms with Crippen molar-refractivity contribution in [1.29, 1.82) is 0 Å². The first-order valence-corrected chi connectivity index (χ1v) is 8.79. The Balaban J connectivity index is 2.15. The zero-order valence-corrected chi connectivity index (χ0v) is 13.4. The number of sulfonamides is 1. The number of ether oxygens (including phenoxy) is 1. The van der Waals surface area contributed by atoms with Crippen LogP contribution in [0.5, 0.6) is 0 Å². The van der Waals surface area contributed by atoms with Gasteiger partial charge in [0.2, 0.25) is 0 Å². The molecule has 1 aliphatic carbocycles. The Kier molecular flexibility index (Phi) is 5.74. The molecule has 0 atom stereocenters. The molecule has 8 heteroatoms. The first kappa shape index (κ1) is 16.4. The quantitative estimate of drug-likeness (QED) is 0.621. The maximum Gasteiger partial charge on any atom is 0.260 e. The van der Waals surface area contributed by atoms with E-state index < -0.39 is 10.0 Å². The Bertz CT molecular complexity index is 539. The molecule has 1 aromatic heterocycles. The number of nitrogens with zero attached hydrogens (tertiary/aromatic N) is 2. The summed E-state index contributed by atoms with van der Waals surface area (Å²) < 4.78 is 32.2. The van der Waals surface area contributed by atoms with Gasteiger partial charge in [-0.05, 0) is 25.8 Å². The lowest BCUT2D eigenvalue weighted by Crippen LogP contribution is -2.36. The number of hydrogen-bond acceptors (Lipinski definition) is 5. The molecule has 0 amide bonds. The summed E-state index contributed by atoms with van der Waals surface area (Å²) in [5.41, 5.74) is 0.687. The average Bonchev–Trinajstić information content (AvgIpc) is 3.16. The van der Waals surface area contributed by atoms with Crippen molar-refractivity contribution in [3.63, 3.8) is 0 Å². The number of methoxy groups -OCH3 is 1. The maximum absolute atomic E-state index is 12.8. The summed E-state index contributed by atoms with van der Waals surface area (Å²) in [5, 5.41) is 9.97. The normalized spacial score (nSPS) is 15.8. The second-order valence-corrected chi connectivity index (χ2v) is 7.07. The zero-order valence-electron chi connectivity index (χ0n) is 12.6. The highest BCUT2D eigenvalue weighted by Gasteiger charge is 2.39. The molecule has 0 bridgehead atoms. The molecule has 7 nitrogen and oxygen atoms in total. The summed E-state index contributed by atoms with van der Waals surface area (Å²) in [6.07, 6.45) is 4.42. The van der Waals surface area contributed by atoms with Crippen molar-refractivity contribution in [1.82, 2.24) is 19.8 Å². The van der Waals surface area contributed by atoms with Crippen LogP contribution in [-0.2, 0) is 21.3 Å². The molecule has 0 aliphatic heterocycles. The molecule has 1 fully saturated rings. The summed E-state index contributed by atoms with van der Waals surface area (Å²) in [5.74, 6) is 0. The van der Waals surface area contributed by atoms with Gasteiger partial charge in [-0.25, -0.2) is 8.42 Å². The van der Waals surface area contributed by atoms with Crippen molar-refractivity contribution >= 4 is 10.0 Å². The number of aromatic nitrogens is 2. The highest BCUT2D eigenvalue weighted by atomic mass is 32.2. The van der Waals surface area contributed by atoms with Crippen LogP contribution in [0.4, 0.5) is 0 Å². The van der Waals surface area contributed by atoms with Crippen molar-refractivity contribution < 1.29 is 13.2 Å². The van der Waals surface area contributed by atoms with Crippen molar-refractivity contribution in [3.05, 3.63) is 11.8 Å². The van der Waals surface area contributed by atoms with Gasteiger partial charge in [-0.15, -0.1) is 0 Å². The fourth-order valence-electron chi connectivity index (χ4n) is 2.21. The molecular weight excluding hydrogens is 292 g/mol. The Morgan fingerprint density at radius 1 is 1.52 bits per heavy atom. The highest BCUT2D eigenvalue weighted by molar-refractivity contribution is 7.89. The van der Waals surface area contributed by atoms with Crippen LogP contribution in [0.3, 0.4) is 0 Å². The molecule has 1 heterocycles. The summed E-state index contributed by atoms with van der Waals surface area (Å²) >= 11 is 0. The maximum atomic E-state index is 12.8. The minimum absolute atomic E-state index is 0.102. The molecule has 0 radical (unpaired) electrons. The van der Waals surface area contributed by atoms with E-state index in [0.717, 1.165) is 25.8 Å². The lowest BCUT2D eigenvalue weighted by atomic mass is 10.3. The van der Waals surface area contributed by atoms with E-state index in [1.54, 1.807) is 13.3 Å². The van der Waals surface area contributed by atoms with Crippen LogP contribution in [0.25, 0.3) is 0 Å². The first-order chi connectivity index (χ1) is 10.1. The van der Waals surface area contributed by atoms with Crippen LogP contribution >= 0.6 is 0 Å². The molecule has 0 spiro atoms. The van der Waals surface area contributed by atoms with E-state index in [4.69, 9.17) is 4.74 Å². The van der Waals surface area contributed by atoms with Gasteiger partial charge in [0.1, 0.15) is 0 Å². The lowest BCUT2D eigenvalue weighted by Gasteiger charge is -2.21. The van der Waals surface area contributed by atoms with E-state index in [2.05, 4.69) is 22.4 Å². The van der Waals surface area contributed by atoms with E-state index in [1.807, 2.05) is 0 Å². The van der Waals surface area contributed by atoms with Crippen LogP contribution < -0.4 is 5.32 Å². The van der Waals surface area contributed by atoms with E-state index in [1.165, 1.54) is 4.31 Å². The topological polar surface area (TPSA) is 87.3 Å². The summed E-state index contributed by atoms with van der Waals surface area (Å²) in [6, 6.07) is 0.102. The van der Waals surface area contributed by atoms with Crippen LogP contribution in [0, 0.1) is 0 Å². The second kappa shape index (κ2) is 7.35. The number of H-pyrrole nitrogens is 1. The number of hydrogen-bond donors (Lipinski definition) is 2. The zero-order chi connectivity index (χ0) is 15.3. The van der Waals surface area contributed by atoms with E-state index >= 15 is 0 Å². The lowest BCUT2D eigenvalue weighted by molar-refractivity contribution is 0.177. The Morgan fingerprint density at radius 2 is 2.29 bits per heavy atom. The van der Waals surface area contributed by atoms with Crippen LogP contribution in [0.2, 0.25) is 0 Å². The molecule has 1 aromatic rings. The third-order valence-corrected chi connectivity index (χ3v) is 5.42. The molecular formula is C13H24N4O3S. The fraction of sp³-hybridized carbons (Fsp3) is 0.769. The van der Waals surface area contributed by atoms with Crippen LogP contribution in [0.1, 0.15) is 31.7 Å². The minimum Gasteiger partial charge on any atom is -0.383 e. The van der Waals surface area contributed by atoms with Gasteiger partial charge in [0.05, 0.1) is 12.8 Å². The van der Waals surface area contributed by atoms with Gasteiger partial charge in [0.15, 0.2) is 5.03 Å². The average molecular weight is 316 g/mol. The third-order valence-electron chi connectivity index (χ3n) is 3.46.